The number of benzene rings is 1. The van der Waals surface area contributed by atoms with E-state index in [2.05, 4.69) is 10.2 Å². The van der Waals surface area contributed by atoms with Gasteiger partial charge in [0.05, 0.1) is 22.2 Å². The second-order valence-electron chi connectivity index (χ2n) is 5.48. The van der Waals surface area contributed by atoms with E-state index in [1.165, 1.54) is 10.4 Å². The molecular weight excluding hydrogens is 357 g/mol. The highest BCUT2D eigenvalue weighted by molar-refractivity contribution is 7.89. The third kappa shape index (κ3) is 3.50. The van der Waals surface area contributed by atoms with Gasteiger partial charge in [0.1, 0.15) is 11.9 Å². The molecule has 0 amide bonds. The quantitative estimate of drug-likeness (QED) is 0.825. The molecule has 2 aromatic rings. The topological polar surface area (TPSA) is 72.4 Å². The van der Waals surface area contributed by atoms with Crippen LogP contribution in [0.3, 0.4) is 0 Å². The molecule has 3 rings (SSSR count). The van der Waals surface area contributed by atoms with Gasteiger partial charge in [-0.3, -0.25) is 0 Å². The van der Waals surface area contributed by atoms with E-state index in [-0.39, 0.29) is 22.6 Å². The third-order valence-electron chi connectivity index (χ3n) is 3.70. The number of aromatic nitrogens is 2. The predicted molar refractivity (Wildman–Crippen MR) is 86.0 cm³/mol. The van der Waals surface area contributed by atoms with Gasteiger partial charge in [0.25, 0.3) is 0 Å². The molecule has 0 saturated carbocycles. The first kappa shape index (κ1) is 17.1. The SMILES string of the molecule is Cc1ccc(OC2CCN(S(=O)(=O)c3ccc(F)c(Cl)c3)C2)nn1. The van der Waals surface area contributed by atoms with Gasteiger partial charge in [-0.25, -0.2) is 12.8 Å². The van der Waals surface area contributed by atoms with Crippen LogP contribution in [-0.4, -0.2) is 42.1 Å². The Kier molecular flexibility index (Phi) is 4.71. The number of ether oxygens (including phenoxy) is 1. The van der Waals surface area contributed by atoms with Crippen LogP contribution in [0.2, 0.25) is 5.02 Å². The monoisotopic (exact) mass is 371 g/mol. The van der Waals surface area contributed by atoms with Gasteiger partial charge in [0, 0.05) is 12.6 Å². The highest BCUT2D eigenvalue weighted by Crippen LogP contribution is 2.26. The summed E-state index contributed by atoms with van der Waals surface area (Å²) in [6.45, 7) is 2.31. The molecule has 1 saturated heterocycles. The maximum Gasteiger partial charge on any atom is 0.243 e. The van der Waals surface area contributed by atoms with Crippen LogP contribution in [0.25, 0.3) is 0 Å². The third-order valence-corrected chi connectivity index (χ3v) is 5.85. The maximum absolute atomic E-state index is 13.2. The first-order valence-corrected chi connectivity index (χ1v) is 9.10. The largest absolute Gasteiger partial charge is 0.472 e. The Morgan fingerprint density at radius 1 is 1.29 bits per heavy atom. The fourth-order valence-corrected chi connectivity index (χ4v) is 4.18. The fourth-order valence-electron chi connectivity index (χ4n) is 2.42. The maximum atomic E-state index is 13.2. The summed E-state index contributed by atoms with van der Waals surface area (Å²) in [4.78, 5) is -0.0373. The smallest absolute Gasteiger partial charge is 0.243 e. The van der Waals surface area contributed by atoms with Crippen molar-refractivity contribution in [2.45, 2.75) is 24.3 Å². The Morgan fingerprint density at radius 3 is 2.75 bits per heavy atom. The zero-order valence-electron chi connectivity index (χ0n) is 12.8. The van der Waals surface area contributed by atoms with Crippen molar-refractivity contribution in [3.63, 3.8) is 0 Å². The molecule has 2 heterocycles. The number of hydrogen-bond donors (Lipinski definition) is 0. The lowest BCUT2D eigenvalue weighted by molar-refractivity contribution is 0.204. The second kappa shape index (κ2) is 6.62. The van der Waals surface area contributed by atoms with Gasteiger partial charge in [0.2, 0.25) is 15.9 Å². The summed E-state index contributed by atoms with van der Waals surface area (Å²) >= 11 is 5.68. The summed E-state index contributed by atoms with van der Waals surface area (Å²) in [6, 6.07) is 6.83. The number of sulfonamides is 1. The molecule has 0 N–H and O–H groups in total. The zero-order valence-corrected chi connectivity index (χ0v) is 14.4. The molecule has 1 aliphatic rings. The molecule has 0 spiro atoms. The van der Waals surface area contributed by atoms with Crippen molar-refractivity contribution in [2.24, 2.45) is 0 Å². The van der Waals surface area contributed by atoms with E-state index in [9.17, 15) is 12.8 Å². The van der Waals surface area contributed by atoms with Gasteiger partial charge in [-0.2, -0.15) is 9.40 Å². The Hall–Kier alpha value is -1.77. The normalized spacial score (nSPS) is 18.7. The average molecular weight is 372 g/mol. The molecule has 1 aromatic heterocycles. The summed E-state index contributed by atoms with van der Waals surface area (Å²) in [5, 5.41) is 7.58. The summed E-state index contributed by atoms with van der Waals surface area (Å²) in [7, 11) is -3.74. The molecular formula is C15H15ClFN3O3S. The minimum Gasteiger partial charge on any atom is -0.472 e. The van der Waals surface area contributed by atoms with E-state index in [0.717, 1.165) is 17.8 Å². The van der Waals surface area contributed by atoms with E-state index in [4.69, 9.17) is 16.3 Å². The Labute approximate surface area is 144 Å². The van der Waals surface area contributed by atoms with Crippen LogP contribution in [0, 0.1) is 12.7 Å². The molecule has 128 valence electrons. The molecule has 1 atom stereocenters. The fraction of sp³-hybridized carbons (Fsp3) is 0.333. The van der Waals surface area contributed by atoms with Crippen molar-refractivity contribution in [3.8, 4) is 5.88 Å². The molecule has 1 aromatic carbocycles. The summed E-state index contributed by atoms with van der Waals surface area (Å²) in [5.41, 5.74) is 0.770. The molecule has 0 bridgehead atoms. The van der Waals surface area contributed by atoms with Crippen molar-refractivity contribution in [1.29, 1.82) is 0 Å². The van der Waals surface area contributed by atoms with Crippen molar-refractivity contribution in [3.05, 3.63) is 46.9 Å². The molecule has 1 fully saturated rings. The van der Waals surface area contributed by atoms with Crippen LogP contribution in [0.4, 0.5) is 4.39 Å². The molecule has 24 heavy (non-hydrogen) atoms. The van der Waals surface area contributed by atoms with Crippen LogP contribution >= 0.6 is 11.6 Å². The predicted octanol–water partition coefficient (Wildman–Crippen LogP) is 2.42. The van der Waals surface area contributed by atoms with Crippen LogP contribution in [0.15, 0.2) is 35.2 Å². The van der Waals surface area contributed by atoms with Gasteiger partial charge in [-0.1, -0.05) is 11.6 Å². The molecule has 0 aliphatic carbocycles. The van der Waals surface area contributed by atoms with E-state index in [0.29, 0.717) is 18.8 Å². The van der Waals surface area contributed by atoms with Crippen LogP contribution in [0.1, 0.15) is 12.1 Å². The minimum atomic E-state index is -3.74. The van der Waals surface area contributed by atoms with Gasteiger partial charge in [-0.15, -0.1) is 5.10 Å². The van der Waals surface area contributed by atoms with E-state index >= 15 is 0 Å². The number of halogens is 2. The Morgan fingerprint density at radius 2 is 2.08 bits per heavy atom. The van der Waals surface area contributed by atoms with Crippen LogP contribution < -0.4 is 4.74 Å². The number of hydrogen-bond acceptors (Lipinski definition) is 5. The van der Waals surface area contributed by atoms with Gasteiger partial charge in [-0.05, 0) is 37.6 Å². The molecule has 1 unspecified atom stereocenters. The summed E-state index contributed by atoms with van der Waals surface area (Å²) < 4.78 is 45.4. The standard InChI is InChI=1S/C15H15ClFN3O3S/c1-10-2-5-15(19-18-10)23-11-6-7-20(9-11)24(21,22)12-3-4-14(17)13(16)8-12/h2-5,8,11H,6-7,9H2,1H3. The molecule has 9 heteroatoms. The summed E-state index contributed by atoms with van der Waals surface area (Å²) in [5.74, 6) is -0.300. The second-order valence-corrected chi connectivity index (χ2v) is 7.83. The van der Waals surface area contributed by atoms with E-state index in [1.54, 1.807) is 12.1 Å². The van der Waals surface area contributed by atoms with Gasteiger partial charge >= 0.3 is 0 Å². The van der Waals surface area contributed by atoms with Crippen molar-refractivity contribution >= 4 is 21.6 Å². The molecule has 6 nitrogen and oxygen atoms in total. The molecule has 0 radical (unpaired) electrons. The first-order chi connectivity index (χ1) is 11.4. The minimum absolute atomic E-state index is 0.0373. The van der Waals surface area contributed by atoms with E-state index in [1.807, 2.05) is 6.92 Å². The number of nitrogens with zero attached hydrogens (tertiary/aromatic N) is 3. The van der Waals surface area contributed by atoms with Crippen molar-refractivity contribution in [2.75, 3.05) is 13.1 Å². The van der Waals surface area contributed by atoms with Crippen molar-refractivity contribution in [1.82, 2.24) is 14.5 Å². The van der Waals surface area contributed by atoms with Crippen LogP contribution in [0.5, 0.6) is 5.88 Å². The number of rotatable bonds is 4. The Bertz CT molecular complexity index is 846. The van der Waals surface area contributed by atoms with Crippen LogP contribution in [-0.2, 0) is 10.0 Å². The van der Waals surface area contributed by atoms with Crippen molar-refractivity contribution < 1.29 is 17.5 Å². The number of aryl methyl sites for hydroxylation is 1. The van der Waals surface area contributed by atoms with E-state index < -0.39 is 15.8 Å². The highest BCUT2D eigenvalue weighted by Gasteiger charge is 2.34. The molecule has 1 aliphatic heterocycles. The lowest BCUT2D eigenvalue weighted by atomic mass is 10.3. The zero-order chi connectivity index (χ0) is 17.3. The van der Waals surface area contributed by atoms with Gasteiger partial charge < -0.3 is 4.74 Å². The van der Waals surface area contributed by atoms with Gasteiger partial charge in [0.15, 0.2) is 0 Å². The average Bonchev–Trinajstić information content (AvgIpc) is 3.01. The lowest BCUT2D eigenvalue weighted by Gasteiger charge is -2.17. The summed E-state index contributed by atoms with van der Waals surface area (Å²) in [6.07, 6.45) is 0.219. The highest BCUT2D eigenvalue weighted by atomic mass is 35.5. The first-order valence-electron chi connectivity index (χ1n) is 7.28. The lowest BCUT2D eigenvalue weighted by Crippen LogP contribution is -2.31. The Balaban J connectivity index is 1.72.